The molecule has 0 saturated heterocycles. The minimum Gasteiger partial charge on any atom is -0.453 e. The Hall–Kier alpha value is -3.88. The average Bonchev–Trinajstić information content (AvgIpc) is 3.18. The van der Waals surface area contributed by atoms with Crippen LogP contribution in [-0.4, -0.2) is 30.6 Å². The van der Waals surface area contributed by atoms with Gasteiger partial charge in [0.1, 0.15) is 17.4 Å². The second-order valence-electron chi connectivity index (χ2n) is 6.94. The topological polar surface area (TPSA) is 94.8 Å². The number of carbonyl (C=O) groups is 1. The van der Waals surface area contributed by atoms with Crippen LogP contribution < -0.4 is 10.1 Å². The van der Waals surface area contributed by atoms with E-state index in [-0.39, 0.29) is 24.2 Å². The van der Waals surface area contributed by atoms with Crippen molar-refractivity contribution in [2.24, 2.45) is 0 Å². The van der Waals surface area contributed by atoms with Crippen molar-refractivity contribution in [1.29, 1.82) is 0 Å². The van der Waals surface area contributed by atoms with E-state index in [1.165, 1.54) is 24.5 Å². The summed E-state index contributed by atoms with van der Waals surface area (Å²) in [5.41, 5.74) is 1.23. The Morgan fingerprint density at radius 3 is 2.70 bits per heavy atom. The van der Waals surface area contributed by atoms with Gasteiger partial charge in [-0.05, 0) is 38.1 Å². The average molecular weight is 406 g/mol. The van der Waals surface area contributed by atoms with Crippen LogP contribution in [-0.2, 0) is 11.2 Å². The molecule has 30 heavy (non-hydrogen) atoms. The summed E-state index contributed by atoms with van der Waals surface area (Å²) < 4.78 is 21.1. The third-order valence-corrected chi connectivity index (χ3v) is 4.31. The van der Waals surface area contributed by atoms with Gasteiger partial charge < -0.3 is 10.1 Å². The summed E-state index contributed by atoms with van der Waals surface area (Å²) in [5.74, 6) is 0.533. The van der Waals surface area contributed by atoms with E-state index in [9.17, 15) is 9.18 Å². The summed E-state index contributed by atoms with van der Waals surface area (Å²) in [5, 5.41) is 7.49. The summed E-state index contributed by atoms with van der Waals surface area (Å²) >= 11 is 0. The number of pyridine rings is 1. The van der Waals surface area contributed by atoms with Crippen molar-refractivity contribution in [3.8, 4) is 11.5 Å². The minimum atomic E-state index is -0.378. The Balaban J connectivity index is 1.42. The van der Waals surface area contributed by atoms with Gasteiger partial charge in [0, 0.05) is 23.8 Å². The fraction of sp³-hybridized carbons (Fsp3) is 0.190. The second kappa shape index (κ2) is 8.24. The predicted octanol–water partition coefficient (Wildman–Crippen LogP) is 3.91. The molecular weight excluding hydrogens is 387 g/mol. The molecule has 152 valence electrons. The summed E-state index contributed by atoms with van der Waals surface area (Å²) in [6, 6.07) is 6.14. The van der Waals surface area contributed by atoms with E-state index in [0.29, 0.717) is 33.9 Å². The quantitative estimate of drug-likeness (QED) is 0.522. The standard InChI is InChI=1S/C21H19FN6O2/c1-13(2)28-12-15(9-26-28)27-21(29)8-20-24-10-16(11-25-20)30-19-5-6-23-18-4-3-14(22)7-17(18)19/h3-7,9-13H,8H2,1-2H3,(H,27,29). The third kappa shape index (κ3) is 4.40. The maximum atomic E-state index is 13.6. The van der Waals surface area contributed by atoms with Crippen molar-refractivity contribution < 1.29 is 13.9 Å². The van der Waals surface area contributed by atoms with Crippen LogP contribution in [0, 0.1) is 5.82 Å². The smallest absolute Gasteiger partial charge is 0.232 e. The van der Waals surface area contributed by atoms with Crippen LogP contribution in [0.5, 0.6) is 11.5 Å². The highest BCUT2D eigenvalue weighted by molar-refractivity contribution is 5.91. The SMILES string of the molecule is CC(C)n1cc(NC(=O)Cc2ncc(Oc3ccnc4ccc(F)cc34)cn2)cn1. The van der Waals surface area contributed by atoms with Gasteiger partial charge >= 0.3 is 0 Å². The van der Waals surface area contributed by atoms with Crippen LogP contribution in [0.25, 0.3) is 10.9 Å². The molecule has 0 saturated carbocycles. The number of halogens is 1. The normalized spacial score (nSPS) is 11.1. The Morgan fingerprint density at radius 1 is 1.17 bits per heavy atom. The first-order chi connectivity index (χ1) is 14.5. The third-order valence-electron chi connectivity index (χ3n) is 4.31. The fourth-order valence-electron chi connectivity index (χ4n) is 2.83. The summed E-state index contributed by atoms with van der Waals surface area (Å²) in [7, 11) is 0. The van der Waals surface area contributed by atoms with Gasteiger partial charge in [0.2, 0.25) is 5.91 Å². The lowest BCUT2D eigenvalue weighted by molar-refractivity contribution is -0.115. The minimum absolute atomic E-state index is 0.0105. The van der Waals surface area contributed by atoms with Gasteiger partial charge in [0.25, 0.3) is 0 Å². The number of anilines is 1. The van der Waals surface area contributed by atoms with Gasteiger partial charge in [-0.1, -0.05) is 0 Å². The van der Waals surface area contributed by atoms with Gasteiger partial charge in [-0.25, -0.2) is 14.4 Å². The lowest BCUT2D eigenvalue weighted by atomic mass is 10.2. The number of rotatable bonds is 6. The number of ether oxygens (including phenoxy) is 1. The van der Waals surface area contributed by atoms with Gasteiger partial charge in [-0.3, -0.25) is 14.5 Å². The highest BCUT2D eigenvalue weighted by atomic mass is 19.1. The van der Waals surface area contributed by atoms with Crippen molar-refractivity contribution in [2.75, 3.05) is 5.32 Å². The zero-order valence-corrected chi connectivity index (χ0v) is 16.4. The molecule has 4 rings (SSSR count). The van der Waals surface area contributed by atoms with Crippen LogP contribution in [0.3, 0.4) is 0 Å². The lowest BCUT2D eigenvalue weighted by Crippen LogP contribution is -2.15. The largest absolute Gasteiger partial charge is 0.453 e. The molecule has 0 aliphatic rings. The van der Waals surface area contributed by atoms with E-state index in [4.69, 9.17) is 4.74 Å². The Bertz CT molecular complexity index is 1190. The number of fused-ring (bicyclic) bond motifs is 1. The van der Waals surface area contributed by atoms with Crippen LogP contribution in [0.4, 0.5) is 10.1 Å². The van der Waals surface area contributed by atoms with Crippen molar-refractivity contribution in [2.45, 2.75) is 26.3 Å². The molecule has 0 unspecified atom stereocenters. The zero-order valence-electron chi connectivity index (χ0n) is 16.4. The highest BCUT2D eigenvalue weighted by Gasteiger charge is 2.10. The van der Waals surface area contributed by atoms with Crippen molar-refractivity contribution in [1.82, 2.24) is 24.7 Å². The molecule has 0 aliphatic carbocycles. The van der Waals surface area contributed by atoms with Crippen molar-refractivity contribution in [3.05, 3.63) is 66.9 Å². The molecular formula is C21H19FN6O2. The molecule has 1 amide bonds. The predicted molar refractivity (Wildman–Crippen MR) is 109 cm³/mol. The first-order valence-electron chi connectivity index (χ1n) is 9.35. The molecule has 1 N–H and O–H groups in total. The van der Waals surface area contributed by atoms with E-state index in [1.54, 1.807) is 35.4 Å². The number of hydrogen-bond donors (Lipinski definition) is 1. The zero-order chi connectivity index (χ0) is 21.1. The first kappa shape index (κ1) is 19.4. The Morgan fingerprint density at radius 2 is 1.97 bits per heavy atom. The van der Waals surface area contributed by atoms with E-state index >= 15 is 0 Å². The van der Waals surface area contributed by atoms with Gasteiger partial charge in [-0.15, -0.1) is 0 Å². The van der Waals surface area contributed by atoms with Crippen LogP contribution in [0.15, 0.2) is 55.2 Å². The number of amides is 1. The van der Waals surface area contributed by atoms with Crippen LogP contribution >= 0.6 is 0 Å². The van der Waals surface area contributed by atoms with Crippen LogP contribution in [0.1, 0.15) is 25.7 Å². The number of aromatic nitrogens is 5. The maximum absolute atomic E-state index is 13.6. The van der Waals surface area contributed by atoms with Crippen molar-refractivity contribution >= 4 is 22.5 Å². The van der Waals surface area contributed by atoms with E-state index in [0.717, 1.165) is 0 Å². The Kier molecular flexibility index (Phi) is 5.34. The molecule has 8 nitrogen and oxygen atoms in total. The number of nitrogens with one attached hydrogen (secondary N) is 1. The molecule has 1 aromatic carbocycles. The first-order valence-corrected chi connectivity index (χ1v) is 9.35. The maximum Gasteiger partial charge on any atom is 0.232 e. The molecule has 0 bridgehead atoms. The summed E-state index contributed by atoms with van der Waals surface area (Å²) in [6.07, 6.45) is 7.89. The number of carbonyl (C=O) groups excluding carboxylic acids is 1. The second-order valence-corrected chi connectivity index (χ2v) is 6.94. The summed E-state index contributed by atoms with van der Waals surface area (Å²) in [6.45, 7) is 4.00. The number of hydrogen-bond acceptors (Lipinski definition) is 6. The molecule has 0 spiro atoms. The van der Waals surface area contributed by atoms with Crippen LogP contribution in [0.2, 0.25) is 0 Å². The molecule has 0 radical (unpaired) electrons. The van der Waals surface area contributed by atoms with Gasteiger partial charge in [0.05, 0.1) is 36.2 Å². The Labute approximate surface area is 171 Å². The lowest BCUT2D eigenvalue weighted by Gasteiger charge is -2.08. The monoisotopic (exact) mass is 406 g/mol. The molecule has 3 aromatic heterocycles. The summed E-state index contributed by atoms with van der Waals surface area (Å²) in [4.78, 5) is 24.8. The molecule has 0 aliphatic heterocycles. The molecule has 9 heteroatoms. The molecule has 0 atom stereocenters. The van der Waals surface area contributed by atoms with E-state index < -0.39 is 0 Å². The van der Waals surface area contributed by atoms with E-state index in [2.05, 4.69) is 25.4 Å². The van der Waals surface area contributed by atoms with Crippen molar-refractivity contribution in [3.63, 3.8) is 0 Å². The highest BCUT2D eigenvalue weighted by Crippen LogP contribution is 2.28. The molecule has 0 fully saturated rings. The fourth-order valence-corrected chi connectivity index (χ4v) is 2.83. The number of benzene rings is 1. The van der Waals surface area contributed by atoms with E-state index in [1.807, 2.05) is 13.8 Å². The van der Waals surface area contributed by atoms with Gasteiger partial charge in [0.15, 0.2) is 5.75 Å². The molecule has 4 aromatic rings. The number of nitrogens with zero attached hydrogens (tertiary/aromatic N) is 5. The van der Waals surface area contributed by atoms with Gasteiger partial charge in [-0.2, -0.15) is 5.10 Å². The molecule has 3 heterocycles.